The van der Waals surface area contributed by atoms with Crippen molar-refractivity contribution in [2.45, 2.75) is 114 Å². The maximum absolute atomic E-state index is 14.1. The zero-order chi connectivity index (χ0) is 65.8. The molecule has 0 saturated heterocycles. The third-order valence-corrected chi connectivity index (χ3v) is 15.3. The Balaban J connectivity index is 0.000000511. The van der Waals surface area contributed by atoms with Gasteiger partial charge in [-0.15, -0.1) is 0 Å². The van der Waals surface area contributed by atoms with Crippen LogP contribution >= 0.6 is 46.4 Å². The Labute approximate surface area is 522 Å². The molecule has 4 fully saturated rings. The quantitative estimate of drug-likeness (QED) is 0.0738. The van der Waals surface area contributed by atoms with Crippen LogP contribution in [0, 0.1) is 6.92 Å². The van der Waals surface area contributed by atoms with Crippen LogP contribution in [0.5, 0.6) is 11.8 Å². The molecule has 4 aliphatic carbocycles. The van der Waals surface area contributed by atoms with Crippen LogP contribution in [0.25, 0.3) is 22.5 Å². The van der Waals surface area contributed by atoms with Crippen LogP contribution < -0.4 is 28.3 Å². The maximum Gasteiger partial charge on any atom is 1.00 e. The number of hydrogen-bond donors (Lipinski definition) is 0. The van der Waals surface area contributed by atoms with E-state index in [-0.39, 0.29) is 116 Å². The second-order valence-corrected chi connectivity index (χ2v) is 21.3. The zero-order valence-electron chi connectivity index (χ0n) is 51.9. The Kier molecular flexibility index (Phi) is 20.4. The molecule has 12 rings (SSSR count). The summed E-state index contributed by atoms with van der Waals surface area (Å²) in [4.78, 5) is 40.3. The van der Waals surface area contributed by atoms with Crippen molar-refractivity contribution in [2.75, 3.05) is 0 Å². The Bertz CT molecular complexity index is 3630. The fourth-order valence-electron chi connectivity index (χ4n) is 9.92. The Hall–Kier alpha value is -6.74. The predicted octanol–water partition coefficient (Wildman–Crippen LogP) is 15.2. The second-order valence-electron chi connectivity index (χ2n) is 19.6. The first kappa shape index (κ1) is 60.4. The number of aryl methyl sites for hydroxylation is 1. The minimum Gasteiger partial charge on any atom is -0.870 e. The first-order chi connectivity index (χ1) is 42.8. The number of aromatic nitrogens is 4. The number of halogens is 10. The molecule has 84 heavy (non-hydrogen) atoms. The van der Waals surface area contributed by atoms with E-state index >= 15 is 0 Å². The van der Waals surface area contributed by atoms with Crippen molar-refractivity contribution in [3.05, 3.63) is 197 Å². The zero-order valence-corrected chi connectivity index (χ0v) is 46.9. The summed E-state index contributed by atoms with van der Waals surface area (Å²) in [6.45, 7) is 1.82. The van der Waals surface area contributed by atoms with Crippen LogP contribution in [0.3, 0.4) is 0 Å². The van der Waals surface area contributed by atoms with Crippen molar-refractivity contribution in [2.24, 2.45) is 0 Å². The van der Waals surface area contributed by atoms with Crippen LogP contribution in [0.2, 0.25) is 20.1 Å². The van der Waals surface area contributed by atoms with Crippen LogP contribution in [0.4, 0.5) is 26.3 Å². The fraction of sp³-hybridized carbons (Fsp3) is 0.300. The van der Waals surface area contributed by atoms with Crippen LogP contribution in [0.15, 0.2) is 124 Å². The van der Waals surface area contributed by atoms with Gasteiger partial charge in [0.05, 0.1) is 31.2 Å². The average Bonchev–Trinajstić information content (AvgIpc) is 1.63. The molecule has 4 atom stereocenters. The molecule has 13 nitrogen and oxygen atoms in total. The predicted molar refractivity (Wildman–Crippen MR) is 300 cm³/mol. The molecular formula is C60H57Cl4F6LiN4O9. The molecular weight excluding hydrogens is 1180 g/mol. The molecule has 0 radical (unpaired) electrons. The van der Waals surface area contributed by atoms with Gasteiger partial charge in [-0.1, -0.05) is 149 Å². The normalized spacial score (nSPS) is 17.6. The average molecular weight is 1250 g/mol. The van der Waals surface area contributed by atoms with Crippen molar-refractivity contribution < 1.29 is 100 Å². The minimum atomic E-state index is -4.61. The van der Waals surface area contributed by atoms with Crippen LogP contribution in [-0.4, -0.2) is 38.1 Å². The smallest absolute Gasteiger partial charge is 0.870 e. The van der Waals surface area contributed by atoms with Crippen molar-refractivity contribution in [1.29, 1.82) is 0 Å². The van der Waals surface area contributed by atoms with Gasteiger partial charge in [-0.05, 0) is 116 Å². The summed E-state index contributed by atoms with van der Waals surface area (Å²) in [6, 6.07) is 33.7. The van der Waals surface area contributed by atoms with Crippen molar-refractivity contribution in [1.82, 2.24) is 20.3 Å². The van der Waals surface area contributed by atoms with Gasteiger partial charge < -0.3 is 24.0 Å². The van der Waals surface area contributed by atoms with E-state index in [0.29, 0.717) is 78.1 Å². The van der Waals surface area contributed by atoms with E-state index < -0.39 is 23.7 Å². The first-order valence-electron chi connectivity index (χ1n) is 29.2. The number of hydrogen-bond acceptors (Lipinski definition) is 13. The third kappa shape index (κ3) is 15.6. The van der Waals surface area contributed by atoms with E-state index in [0.717, 1.165) is 42.4 Å². The standard InChI is InChI=1S/C29H23Cl2F3N2O2.C28H21Cl2F3N2O2.2CO2.CH4.Li.H2O.4H2/c1-15-4-2-5-17(12-15)19-13-20(19)18-10-11-24(35-28(18)29(32,33)34)37-14-21-26(36-38-27(21)16-8-9-16)25-22(30)6-3-7-23(25)31;29-21-7-4-8-22(30)24(21)25-20(26(37-35-25)16-9-10-16)14-36-23-12-11-17(27(34-23)28(31,32)33)19-13-18(19)15-5-2-1-3-6-15;2*2-1-3;;;;;;;/h2-7,10-12,16,19-20H,8-9,13-14H2,1H3;1-8,11-12,16,18-19H,9-10,13-14H2;;;1H4;;1H2;4*1H/q;;;;;+1;;;;;/p-1/i;;;;;;;4*1+1D. The third-order valence-electron chi connectivity index (χ3n) is 14.1. The molecule has 1 N–H and O–H groups in total. The van der Waals surface area contributed by atoms with Gasteiger partial charge in [0, 0.05) is 47.0 Å². The van der Waals surface area contributed by atoms with E-state index in [4.69, 9.17) is 96.0 Å². The summed E-state index contributed by atoms with van der Waals surface area (Å²) in [6.07, 6.45) is -3.66. The molecule has 8 aromatic rings. The molecule has 0 spiro atoms. The molecule has 4 aromatic heterocycles. The molecule has 4 aliphatic rings. The largest absolute Gasteiger partial charge is 1.00 e. The summed E-state index contributed by atoms with van der Waals surface area (Å²) < 4.78 is 147. The molecule has 4 aromatic carbocycles. The Morgan fingerprint density at radius 3 is 1.30 bits per heavy atom. The molecule has 4 saturated carbocycles. The topological polar surface area (TPSA) is 195 Å². The van der Waals surface area contributed by atoms with Gasteiger partial charge in [-0.25, -0.2) is 9.97 Å². The summed E-state index contributed by atoms with van der Waals surface area (Å²) in [5.41, 5.74) is 4.83. The van der Waals surface area contributed by atoms with E-state index in [1.807, 2.05) is 61.5 Å². The van der Waals surface area contributed by atoms with Gasteiger partial charge in [0.15, 0.2) is 11.4 Å². The number of ether oxygens (including phenoxy) is 2. The van der Waals surface area contributed by atoms with Gasteiger partial charge in [-0.3, -0.25) is 0 Å². The molecule has 442 valence electrons. The van der Waals surface area contributed by atoms with Crippen molar-refractivity contribution in [3.8, 4) is 34.3 Å². The van der Waals surface area contributed by atoms with Gasteiger partial charge in [0.25, 0.3) is 0 Å². The summed E-state index contributed by atoms with van der Waals surface area (Å²) in [5, 5.41) is 9.97. The maximum atomic E-state index is 14.1. The van der Waals surface area contributed by atoms with Gasteiger partial charge in [-0.2, -0.15) is 45.5 Å². The number of carbonyl (C=O) groups excluding carboxylic acids is 4. The number of pyridine rings is 2. The van der Waals surface area contributed by atoms with Gasteiger partial charge >= 0.3 is 43.5 Å². The number of alkyl halides is 6. The van der Waals surface area contributed by atoms with Crippen LogP contribution in [0.1, 0.15) is 155 Å². The summed E-state index contributed by atoms with van der Waals surface area (Å²) in [5.74, 6) is 1.06. The summed E-state index contributed by atoms with van der Waals surface area (Å²) in [7, 11) is 0. The fourth-order valence-corrected chi connectivity index (χ4v) is 11.1. The monoisotopic (exact) mass is 1250 g/mol. The molecule has 4 unspecified atom stereocenters. The SMILES string of the molecule is C.Cc1cccc(C2CC2c2ccc(OCc3c(-c4c(Cl)cccc4Cl)noc3C3CC3)nc2C(F)(F)F)c1.FC(F)(F)c1nc(OCc2c(-c3c(Cl)cccc3Cl)noc2C2CC2)ccc1C1CC1c1ccccc1.O=C=O.O=C=O.[2H][2H].[2H][2H].[2H][2H].[2H][2H].[Li+].[OH-]. The van der Waals surface area contributed by atoms with Gasteiger partial charge in [0.2, 0.25) is 11.8 Å². The van der Waals surface area contributed by atoms with E-state index in [2.05, 4.69) is 20.3 Å². The molecule has 24 heteroatoms. The molecule has 0 aliphatic heterocycles. The number of benzene rings is 4. The van der Waals surface area contributed by atoms with Crippen LogP contribution in [-0.2, 0) is 44.7 Å². The number of nitrogens with zero attached hydrogens (tertiary/aromatic N) is 4. The summed E-state index contributed by atoms with van der Waals surface area (Å²) >= 11 is 25.6. The first-order valence-corrected chi connectivity index (χ1v) is 26.7. The Morgan fingerprint density at radius 1 is 0.560 bits per heavy atom. The molecule has 4 heterocycles. The Morgan fingerprint density at radius 2 is 0.929 bits per heavy atom. The minimum absolute atomic E-state index is 0. The van der Waals surface area contributed by atoms with Gasteiger partial charge in [0.1, 0.15) is 36.1 Å². The van der Waals surface area contributed by atoms with E-state index in [1.165, 1.54) is 24.3 Å². The van der Waals surface area contributed by atoms with Crippen molar-refractivity contribution >= 4 is 58.7 Å². The van der Waals surface area contributed by atoms with E-state index in [1.54, 1.807) is 36.4 Å². The van der Waals surface area contributed by atoms with E-state index in [9.17, 15) is 26.3 Å². The van der Waals surface area contributed by atoms with Crippen molar-refractivity contribution in [3.63, 3.8) is 0 Å². The molecule has 0 bridgehead atoms. The number of rotatable bonds is 14. The molecule has 0 amide bonds. The second kappa shape index (κ2) is 28.4.